The minimum Gasteiger partial charge on any atom is -0.465 e. The molecule has 2 rings (SSSR count). The third-order valence-electron chi connectivity index (χ3n) is 3.64. The highest BCUT2D eigenvalue weighted by Gasteiger charge is 2.69. The van der Waals surface area contributed by atoms with Crippen LogP contribution in [0.5, 0.6) is 0 Å². The second-order valence-electron chi connectivity index (χ2n) is 4.47. The molecule has 1 aliphatic carbocycles. The lowest BCUT2D eigenvalue weighted by Crippen LogP contribution is -2.90. The van der Waals surface area contributed by atoms with Gasteiger partial charge in [-0.1, -0.05) is 13.8 Å². The third-order valence-corrected chi connectivity index (χ3v) is 3.64. The lowest BCUT2D eigenvalue weighted by Gasteiger charge is -2.13. The first-order chi connectivity index (χ1) is 5.59. The SMILES string of the molecule is COC(=O)[C@H]1[NH2+]CC2C1C2(C)C. The maximum absolute atomic E-state index is 11.3. The molecular weight excluding hydrogens is 154 g/mol. The van der Waals surface area contributed by atoms with Gasteiger partial charge >= 0.3 is 5.97 Å². The summed E-state index contributed by atoms with van der Waals surface area (Å²) >= 11 is 0. The van der Waals surface area contributed by atoms with Crippen molar-refractivity contribution >= 4 is 5.97 Å². The van der Waals surface area contributed by atoms with Crippen LogP contribution in [-0.4, -0.2) is 25.7 Å². The van der Waals surface area contributed by atoms with E-state index in [4.69, 9.17) is 4.74 Å². The maximum Gasteiger partial charge on any atom is 0.364 e. The molecule has 2 aliphatic rings. The molecule has 0 amide bonds. The van der Waals surface area contributed by atoms with Gasteiger partial charge in [0.25, 0.3) is 0 Å². The van der Waals surface area contributed by atoms with Crippen LogP contribution in [0.2, 0.25) is 0 Å². The first kappa shape index (κ1) is 8.05. The molecular formula is C9H16NO2+. The molecule has 3 nitrogen and oxygen atoms in total. The average molecular weight is 170 g/mol. The minimum absolute atomic E-state index is 0.0481. The number of fused-ring (bicyclic) bond motifs is 1. The topological polar surface area (TPSA) is 42.9 Å². The molecule has 2 fully saturated rings. The highest BCUT2D eigenvalue weighted by atomic mass is 16.5. The van der Waals surface area contributed by atoms with E-state index < -0.39 is 0 Å². The van der Waals surface area contributed by atoms with Crippen molar-refractivity contribution in [2.24, 2.45) is 17.3 Å². The van der Waals surface area contributed by atoms with Crippen LogP contribution in [0.25, 0.3) is 0 Å². The Hall–Kier alpha value is -0.570. The zero-order valence-corrected chi connectivity index (χ0v) is 7.83. The number of ether oxygens (including phenoxy) is 1. The standard InChI is InChI=1S/C9H15NO2/c1-9(2)5-4-10-7(6(5)9)8(11)12-3/h5-7,10H,4H2,1-3H3/p+1/t5?,6?,7-/m0/s1. The normalized spacial score (nSPS) is 42.1. The second-order valence-corrected chi connectivity index (χ2v) is 4.47. The van der Waals surface area contributed by atoms with E-state index in [0.717, 1.165) is 12.5 Å². The Labute approximate surface area is 72.5 Å². The van der Waals surface area contributed by atoms with E-state index in [9.17, 15) is 4.79 Å². The zero-order chi connectivity index (χ0) is 8.93. The van der Waals surface area contributed by atoms with E-state index in [1.807, 2.05) is 0 Å². The Morgan fingerprint density at radius 2 is 2.25 bits per heavy atom. The van der Waals surface area contributed by atoms with Gasteiger partial charge in [0.2, 0.25) is 0 Å². The van der Waals surface area contributed by atoms with Crippen LogP contribution in [0.3, 0.4) is 0 Å². The van der Waals surface area contributed by atoms with Crippen LogP contribution in [-0.2, 0) is 9.53 Å². The van der Waals surface area contributed by atoms with E-state index in [1.54, 1.807) is 0 Å². The van der Waals surface area contributed by atoms with Crippen molar-refractivity contribution in [2.75, 3.05) is 13.7 Å². The van der Waals surface area contributed by atoms with Gasteiger partial charge in [0.1, 0.15) is 0 Å². The molecule has 0 aromatic heterocycles. The molecule has 0 aromatic carbocycles. The molecule has 0 radical (unpaired) electrons. The molecule has 3 atom stereocenters. The highest BCUT2D eigenvalue weighted by molar-refractivity contribution is 5.75. The number of carbonyl (C=O) groups is 1. The lowest BCUT2D eigenvalue weighted by atomic mass is 10.0. The molecule has 2 N–H and O–H groups in total. The Morgan fingerprint density at radius 1 is 1.58 bits per heavy atom. The number of esters is 1. The molecule has 12 heavy (non-hydrogen) atoms. The molecule has 1 heterocycles. The summed E-state index contributed by atoms with van der Waals surface area (Å²) in [5, 5.41) is 2.12. The van der Waals surface area contributed by atoms with Crippen molar-refractivity contribution in [1.29, 1.82) is 0 Å². The van der Waals surface area contributed by atoms with Gasteiger partial charge in [-0.05, 0) is 5.41 Å². The van der Waals surface area contributed by atoms with Crippen molar-refractivity contribution in [3.8, 4) is 0 Å². The lowest BCUT2D eigenvalue weighted by molar-refractivity contribution is -0.670. The molecule has 2 unspecified atom stereocenters. The van der Waals surface area contributed by atoms with Crippen LogP contribution in [0.4, 0.5) is 0 Å². The fourth-order valence-corrected chi connectivity index (χ4v) is 2.77. The predicted octanol–water partition coefficient (Wildman–Crippen LogP) is -0.623. The summed E-state index contributed by atoms with van der Waals surface area (Å²) in [5.41, 5.74) is 0.383. The van der Waals surface area contributed by atoms with Crippen molar-refractivity contribution < 1.29 is 14.8 Å². The van der Waals surface area contributed by atoms with Crippen LogP contribution in [0.1, 0.15) is 13.8 Å². The molecule has 3 heteroatoms. The number of piperidine rings is 1. The summed E-state index contributed by atoms with van der Waals surface area (Å²) < 4.78 is 4.75. The molecule has 68 valence electrons. The summed E-state index contributed by atoms with van der Waals surface area (Å²) in [6.07, 6.45) is 0. The van der Waals surface area contributed by atoms with E-state index >= 15 is 0 Å². The van der Waals surface area contributed by atoms with Gasteiger partial charge in [0.05, 0.1) is 13.7 Å². The largest absolute Gasteiger partial charge is 0.465 e. The second kappa shape index (κ2) is 2.22. The first-order valence-corrected chi connectivity index (χ1v) is 4.50. The molecule has 1 saturated carbocycles. The summed E-state index contributed by atoms with van der Waals surface area (Å²) in [6, 6.07) is 0.0787. The van der Waals surface area contributed by atoms with Gasteiger partial charge in [0.15, 0.2) is 6.04 Å². The maximum atomic E-state index is 11.3. The Balaban J connectivity index is 2.08. The van der Waals surface area contributed by atoms with Crippen molar-refractivity contribution in [2.45, 2.75) is 19.9 Å². The first-order valence-electron chi connectivity index (χ1n) is 4.50. The predicted molar refractivity (Wildman–Crippen MR) is 43.4 cm³/mol. The number of methoxy groups -OCH3 is 1. The van der Waals surface area contributed by atoms with Gasteiger partial charge in [-0.2, -0.15) is 0 Å². The Bertz CT molecular complexity index is 225. The molecule has 1 saturated heterocycles. The van der Waals surface area contributed by atoms with Gasteiger partial charge in [-0.25, -0.2) is 4.79 Å². The number of quaternary nitrogens is 1. The summed E-state index contributed by atoms with van der Waals surface area (Å²) in [5.74, 6) is 1.25. The average Bonchev–Trinajstić information content (AvgIpc) is 2.52. The summed E-state index contributed by atoms with van der Waals surface area (Å²) in [4.78, 5) is 11.3. The van der Waals surface area contributed by atoms with E-state index in [1.165, 1.54) is 7.11 Å². The van der Waals surface area contributed by atoms with E-state index in [2.05, 4.69) is 19.2 Å². The minimum atomic E-state index is -0.0481. The fraction of sp³-hybridized carbons (Fsp3) is 0.889. The molecule has 0 spiro atoms. The molecule has 0 bridgehead atoms. The van der Waals surface area contributed by atoms with E-state index in [-0.39, 0.29) is 12.0 Å². The van der Waals surface area contributed by atoms with Gasteiger partial charge < -0.3 is 10.1 Å². The monoisotopic (exact) mass is 170 g/mol. The summed E-state index contributed by atoms with van der Waals surface area (Å²) in [6.45, 7) is 5.58. The smallest absolute Gasteiger partial charge is 0.364 e. The van der Waals surface area contributed by atoms with Crippen molar-refractivity contribution in [1.82, 2.24) is 0 Å². The van der Waals surface area contributed by atoms with E-state index in [0.29, 0.717) is 11.3 Å². The van der Waals surface area contributed by atoms with Gasteiger partial charge in [-0.15, -0.1) is 0 Å². The van der Waals surface area contributed by atoms with Crippen molar-refractivity contribution in [3.63, 3.8) is 0 Å². The number of nitrogens with two attached hydrogens (primary N) is 1. The zero-order valence-electron chi connectivity index (χ0n) is 7.83. The Morgan fingerprint density at radius 3 is 2.67 bits per heavy atom. The number of hydrogen-bond donors (Lipinski definition) is 1. The third kappa shape index (κ3) is 0.829. The van der Waals surface area contributed by atoms with Crippen LogP contribution in [0, 0.1) is 17.3 Å². The fourth-order valence-electron chi connectivity index (χ4n) is 2.77. The summed E-state index contributed by atoms with van der Waals surface area (Å²) in [7, 11) is 1.47. The van der Waals surface area contributed by atoms with Crippen LogP contribution < -0.4 is 5.32 Å². The van der Waals surface area contributed by atoms with Crippen molar-refractivity contribution in [3.05, 3.63) is 0 Å². The number of hydrogen-bond acceptors (Lipinski definition) is 2. The van der Waals surface area contributed by atoms with Crippen LogP contribution in [0.15, 0.2) is 0 Å². The Kier molecular flexibility index (Phi) is 1.49. The number of carbonyl (C=O) groups excluding carboxylic acids is 1. The highest BCUT2D eigenvalue weighted by Crippen LogP contribution is 2.60. The molecule has 0 aromatic rings. The molecule has 1 aliphatic heterocycles. The van der Waals surface area contributed by atoms with Gasteiger partial charge in [-0.3, -0.25) is 0 Å². The number of rotatable bonds is 1. The van der Waals surface area contributed by atoms with Gasteiger partial charge in [0, 0.05) is 11.8 Å². The quantitative estimate of drug-likeness (QED) is 0.533. The van der Waals surface area contributed by atoms with Crippen LogP contribution >= 0.6 is 0 Å².